The van der Waals surface area contributed by atoms with E-state index in [1.165, 1.54) is 0 Å². The van der Waals surface area contributed by atoms with Crippen LogP contribution in [0, 0.1) is 10.1 Å². The maximum absolute atomic E-state index is 12.9. The number of ether oxygens (including phenoxy) is 3. The van der Waals surface area contributed by atoms with Crippen LogP contribution in [0.4, 0.5) is 5.69 Å². The highest BCUT2D eigenvalue weighted by Gasteiger charge is 2.31. The Labute approximate surface area is 183 Å². The predicted octanol–water partition coefficient (Wildman–Crippen LogP) is 1.76. The summed E-state index contributed by atoms with van der Waals surface area (Å²) in [6.45, 7) is 1.03. The topological polar surface area (TPSA) is 151 Å². The van der Waals surface area contributed by atoms with Crippen molar-refractivity contribution in [3.8, 4) is 17.2 Å². The lowest BCUT2D eigenvalue weighted by Crippen LogP contribution is -2.34. The molecule has 12 heteroatoms. The molecule has 2 aromatic rings. The summed E-state index contributed by atoms with van der Waals surface area (Å²) in [4.78, 5) is 24.6. The predicted molar refractivity (Wildman–Crippen MR) is 111 cm³/mol. The third-order valence-corrected chi connectivity index (χ3v) is 6.24. The summed E-state index contributed by atoms with van der Waals surface area (Å²) in [5.41, 5.74) is 0.317. The van der Waals surface area contributed by atoms with Crippen molar-refractivity contribution in [1.82, 2.24) is 4.90 Å². The first-order valence-corrected chi connectivity index (χ1v) is 11.4. The highest BCUT2D eigenvalue weighted by Crippen LogP contribution is 2.38. The number of nitrogens with two attached hydrogens (primary N) is 1. The molecule has 2 heterocycles. The van der Waals surface area contributed by atoms with Gasteiger partial charge in [0.1, 0.15) is 13.2 Å². The van der Waals surface area contributed by atoms with Crippen molar-refractivity contribution in [3.05, 3.63) is 52.1 Å². The molecule has 1 fully saturated rings. The van der Waals surface area contributed by atoms with Crippen LogP contribution in [0.1, 0.15) is 24.4 Å². The van der Waals surface area contributed by atoms with Crippen LogP contribution >= 0.6 is 0 Å². The summed E-state index contributed by atoms with van der Waals surface area (Å²) in [5, 5.41) is 16.4. The molecule has 1 unspecified atom stereocenters. The lowest BCUT2D eigenvalue weighted by Gasteiger charge is -2.26. The Balaban J connectivity index is 1.49. The summed E-state index contributed by atoms with van der Waals surface area (Å²) < 4.78 is 39.5. The molecule has 0 saturated carbocycles. The number of amides is 1. The monoisotopic (exact) mass is 463 g/mol. The molecule has 1 saturated heterocycles. The fourth-order valence-electron chi connectivity index (χ4n) is 3.84. The maximum Gasteiger partial charge on any atom is 0.312 e. The van der Waals surface area contributed by atoms with E-state index in [-0.39, 0.29) is 17.7 Å². The van der Waals surface area contributed by atoms with Crippen molar-refractivity contribution < 1.29 is 32.3 Å². The molecule has 0 aromatic heterocycles. The third kappa shape index (κ3) is 4.46. The van der Waals surface area contributed by atoms with Crippen molar-refractivity contribution in [1.29, 1.82) is 0 Å². The van der Waals surface area contributed by atoms with Crippen molar-refractivity contribution in [2.75, 3.05) is 26.4 Å². The summed E-state index contributed by atoms with van der Waals surface area (Å²) in [7, 11) is -4.12. The van der Waals surface area contributed by atoms with E-state index in [1.807, 2.05) is 18.2 Å². The van der Waals surface area contributed by atoms with E-state index in [0.717, 1.165) is 36.6 Å². The molecule has 0 bridgehead atoms. The molecule has 2 aliphatic rings. The normalized spacial score (nSPS) is 17.8. The van der Waals surface area contributed by atoms with Gasteiger partial charge in [0.25, 0.3) is 5.91 Å². The second-order valence-corrected chi connectivity index (χ2v) is 8.93. The highest BCUT2D eigenvalue weighted by atomic mass is 32.2. The summed E-state index contributed by atoms with van der Waals surface area (Å²) in [6, 6.07) is 8.41. The number of likely N-dealkylation sites (tertiary alicyclic amines) is 1. The number of carbonyl (C=O) groups is 1. The van der Waals surface area contributed by atoms with Crippen molar-refractivity contribution in [3.63, 3.8) is 0 Å². The van der Waals surface area contributed by atoms with Crippen LogP contribution in [-0.4, -0.2) is 50.5 Å². The fraction of sp³-hybridized carbons (Fsp3) is 0.350. The van der Waals surface area contributed by atoms with E-state index in [2.05, 4.69) is 0 Å². The van der Waals surface area contributed by atoms with Gasteiger partial charge in [-0.25, -0.2) is 13.6 Å². The average molecular weight is 463 g/mol. The van der Waals surface area contributed by atoms with Crippen LogP contribution in [0.15, 0.2) is 41.3 Å². The fourth-order valence-corrected chi connectivity index (χ4v) is 4.37. The van der Waals surface area contributed by atoms with Crippen molar-refractivity contribution in [2.24, 2.45) is 5.14 Å². The lowest BCUT2D eigenvalue weighted by molar-refractivity contribution is -0.386. The Bertz CT molecular complexity index is 1170. The zero-order valence-corrected chi connectivity index (χ0v) is 17.7. The Morgan fingerprint density at radius 3 is 2.66 bits per heavy atom. The molecular weight excluding hydrogens is 442 g/mol. The van der Waals surface area contributed by atoms with Crippen LogP contribution < -0.4 is 19.3 Å². The molecule has 32 heavy (non-hydrogen) atoms. The zero-order chi connectivity index (χ0) is 22.9. The van der Waals surface area contributed by atoms with Gasteiger partial charge in [-0.15, -0.1) is 0 Å². The highest BCUT2D eigenvalue weighted by molar-refractivity contribution is 7.89. The lowest BCUT2D eigenvalue weighted by atomic mass is 10.0. The van der Waals surface area contributed by atoms with Crippen molar-refractivity contribution >= 4 is 21.6 Å². The number of hydrogen-bond donors (Lipinski definition) is 1. The van der Waals surface area contributed by atoms with Crippen LogP contribution in [0.25, 0.3) is 0 Å². The number of sulfonamides is 1. The van der Waals surface area contributed by atoms with Gasteiger partial charge in [-0.05, 0) is 42.7 Å². The number of hydrogen-bond acceptors (Lipinski definition) is 8. The van der Waals surface area contributed by atoms with Crippen LogP contribution in [0.3, 0.4) is 0 Å². The van der Waals surface area contributed by atoms with Gasteiger partial charge in [-0.1, -0.05) is 6.07 Å². The standard InChI is InChI=1S/C20H21N3O8S/c21-32(27,28)14-4-6-17(16(11-14)23(25)26)31-12-20(24)22-7-1-2-15(22)13-3-5-18-19(10-13)30-9-8-29-18/h3-6,10-11,15H,1-2,7-9,12H2,(H2,21,27,28). The minimum Gasteiger partial charge on any atom is -0.486 e. The first-order chi connectivity index (χ1) is 15.2. The van der Waals surface area contributed by atoms with E-state index >= 15 is 0 Å². The van der Waals surface area contributed by atoms with Gasteiger partial charge >= 0.3 is 5.69 Å². The van der Waals surface area contributed by atoms with Crippen molar-refractivity contribution in [2.45, 2.75) is 23.8 Å². The summed E-state index contributed by atoms with van der Waals surface area (Å²) >= 11 is 0. The maximum atomic E-state index is 12.9. The largest absolute Gasteiger partial charge is 0.486 e. The van der Waals surface area contributed by atoms with Gasteiger partial charge in [0.05, 0.1) is 15.9 Å². The first kappa shape index (κ1) is 21.8. The van der Waals surface area contributed by atoms with E-state index in [0.29, 0.717) is 31.3 Å². The third-order valence-electron chi connectivity index (χ3n) is 5.33. The Kier molecular flexibility index (Phi) is 5.89. The quantitative estimate of drug-likeness (QED) is 0.503. The molecule has 4 rings (SSSR count). The van der Waals surface area contributed by atoms with Gasteiger partial charge in [-0.2, -0.15) is 0 Å². The Hall–Kier alpha value is -3.38. The molecule has 2 aliphatic heterocycles. The molecule has 0 radical (unpaired) electrons. The number of rotatable bonds is 6. The second kappa shape index (κ2) is 8.63. The SMILES string of the molecule is NS(=O)(=O)c1ccc(OCC(=O)N2CCCC2c2ccc3c(c2)OCCO3)c([N+](=O)[O-])c1. The van der Waals surface area contributed by atoms with E-state index in [4.69, 9.17) is 19.3 Å². The molecule has 1 amide bonds. The minimum absolute atomic E-state index is 0.179. The number of nitro benzene ring substituents is 1. The smallest absolute Gasteiger partial charge is 0.312 e. The molecule has 0 spiro atoms. The van der Waals surface area contributed by atoms with Crippen LogP contribution in [0.2, 0.25) is 0 Å². The van der Waals surface area contributed by atoms with Gasteiger partial charge in [-0.3, -0.25) is 14.9 Å². The van der Waals surface area contributed by atoms with Gasteiger partial charge in [0.15, 0.2) is 23.9 Å². The number of benzene rings is 2. The molecule has 1 atom stereocenters. The number of fused-ring (bicyclic) bond motifs is 1. The first-order valence-electron chi connectivity index (χ1n) is 9.87. The second-order valence-electron chi connectivity index (χ2n) is 7.37. The number of carbonyl (C=O) groups excluding carboxylic acids is 1. The summed E-state index contributed by atoms with van der Waals surface area (Å²) in [5.74, 6) is 0.738. The number of nitrogens with zero attached hydrogens (tertiary/aromatic N) is 2. The Morgan fingerprint density at radius 1 is 1.19 bits per heavy atom. The van der Waals surface area contributed by atoms with Gasteiger partial charge in [0.2, 0.25) is 10.0 Å². The van der Waals surface area contributed by atoms with Crippen LogP contribution in [0.5, 0.6) is 17.2 Å². The summed E-state index contributed by atoms with van der Waals surface area (Å²) in [6.07, 6.45) is 1.56. The molecule has 2 N–H and O–H groups in total. The van der Waals surface area contributed by atoms with E-state index < -0.39 is 32.1 Å². The Morgan fingerprint density at radius 2 is 1.94 bits per heavy atom. The number of nitro groups is 1. The minimum atomic E-state index is -4.12. The molecule has 0 aliphatic carbocycles. The molecular formula is C20H21N3O8S. The zero-order valence-electron chi connectivity index (χ0n) is 16.9. The van der Waals surface area contributed by atoms with E-state index in [1.54, 1.807) is 4.90 Å². The average Bonchev–Trinajstić information content (AvgIpc) is 3.26. The van der Waals surface area contributed by atoms with E-state index in [9.17, 15) is 23.3 Å². The number of primary sulfonamides is 1. The van der Waals surface area contributed by atoms with Gasteiger partial charge in [0, 0.05) is 12.6 Å². The van der Waals surface area contributed by atoms with Gasteiger partial charge < -0.3 is 19.1 Å². The molecule has 11 nitrogen and oxygen atoms in total. The van der Waals surface area contributed by atoms with Crippen LogP contribution in [-0.2, 0) is 14.8 Å². The molecule has 2 aromatic carbocycles. The molecule has 170 valence electrons.